The molecule has 0 saturated carbocycles. The minimum Gasteiger partial charge on any atom is -0.508 e. The van der Waals surface area contributed by atoms with Gasteiger partial charge in [0.05, 0.1) is 25.8 Å². The molecule has 0 saturated heterocycles. The molecule has 0 fully saturated rings. The summed E-state index contributed by atoms with van der Waals surface area (Å²) in [6.07, 6.45) is 3.43. The second-order valence-corrected chi connectivity index (χ2v) is 8.31. The largest absolute Gasteiger partial charge is 0.508 e. The predicted molar refractivity (Wildman–Crippen MR) is 136 cm³/mol. The fraction of sp³-hybridized carbons (Fsp3) is 0.172. The number of aliphatic hydroxyl groups excluding tert-OH is 1. The van der Waals surface area contributed by atoms with Crippen molar-refractivity contribution >= 4 is 17.8 Å². The Hall–Kier alpha value is -4.52. The van der Waals surface area contributed by atoms with E-state index < -0.39 is 23.5 Å². The molecule has 0 aromatic heterocycles. The van der Waals surface area contributed by atoms with Crippen molar-refractivity contribution in [3.8, 4) is 17.2 Å². The molecule has 3 aromatic rings. The first kappa shape index (κ1) is 24.6. The van der Waals surface area contributed by atoms with Gasteiger partial charge < -0.3 is 24.6 Å². The summed E-state index contributed by atoms with van der Waals surface area (Å²) in [5.41, 5.74) is 2.20. The molecule has 1 unspecified atom stereocenters. The number of phenolic OH excluding ortho intramolecular Hbond substituents is 1. The standard InChI is InChI=1S/C29H27NO6/c1-35-24-14-12-20(17-25(24)36-2)15-16-30-27(21-9-6-10-22(31)18-21)26(28(33)29(30)34)23(32)13-11-19-7-4-3-5-8-19/h3-14,17-18,27,31,33H,15-16H2,1-2H3/b13-11+. The Morgan fingerprint density at radius 1 is 0.944 bits per heavy atom. The van der Waals surface area contributed by atoms with E-state index in [-0.39, 0.29) is 17.9 Å². The molecule has 0 bridgehead atoms. The van der Waals surface area contributed by atoms with Gasteiger partial charge in [-0.25, -0.2) is 0 Å². The van der Waals surface area contributed by atoms with Gasteiger partial charge in [-0.1, -0.05) is 54.6 Å². The molecule has 0 spiro atoms. The Kier molecular flexibility index (Phi) is 7.39. The molecule has 0 aliphatic carbocycles. The van der Waals surface area contributed by atoms with Crippen LogP contribution in [0.15, 0.2) is 90.2 Å². The van der Waals surface area contributed by atoms with Crippen molar-refractivity contribution in [2.24, 2.45) is 0 Å². The number of rotatable bonds is 9. The number of allylic oxidation sites excluding steroid dienone is 1. The summed E-state index contributed by atoms with van der Waals surface area (Å²) in [6.45, 7) is 0.220. The van der Waals surface area contributed by atoms with Crippen molar-refractivity contribution in [1.82, 2.24) is 4.90 Å². The van der Waals surface area contributed by atoms with E-state index in [0.717, 1.165) is 11.1 Å². The van der Waals surface area contributed by atoms with Crippen molar-refractivity contribution in [3.05, 3.63) is 107 Å². The summed E-state index contributed by atoms with van der Waals surface area (Å²) in [5, 5.41) is 20.9. The van der Waals surface area contributed by atoms with Gasteiger partial charge >= 0.3 is 0 Å². The lowest BCUT2D eigenvalue weighted by molar-refractivity contribution is -0.129. The van der Waals surface area contributed by atoms with Crippen LogP contribution in [0.3, 0.4) is 0 Å². The first-order chi connectivity index (χ1) is 17.4. The van der Waals surface area contributed by atoms with E-state index >= 15 is 0 Å². The number of nitrogens with zero attached hydrogens (tertiary/aromatic N) is 1. The van der Waals surface area contributed by atoms with E-state index in [4.69, 9.17) is 9.47 Å². The maximum absolute atomic E-state index is 13.2. The van der Waals surface area contributed by atoms with Crippen LogP contribution in [-0.2, 0) is 16.0 Å². The van der Waals surface area contributed by atoms with Crippen molar-refractivity contribution in [2.45, 2.75) is 12.5 Å². The monoisotopic (exact) mass is 485 g/mol. The van der Waals surface area contributed by atoms with Gasteiger partial charge in [0.1, 0.15) is 5.75 Å². The van der Waals surface area contributed by atoms with Crippen molar-refractivity contribution < 1.29 is 29.3 Å². The molecule has 3 aromatic carbocycles. The summed E-state index contributed by atoms with van der Waals surface area (Å²) in [5.74, 6) is -0.549. The number of ketones is 1. The third-order valence-electron chi connectivity index (χ3n) is 6.07. The number of aliphatic hydroxyl groups is 1. The van der Waals surface area contributed by atoms with Gasteiger partial charge in [0.25, 0.3) is 5.91 Å². The van der Waals surface area contributed by atoms with Crippen LogP contribution in [0.25, 0.3) is 6.08 Å². The molecule has 7 heteroatoms. The zero-order valence-electron chi connectivity index (χ0n) is 20.0. The number of hydrogen-bond donors (Lipinski definition) is 2. The van der Waals surface area contributed by atoms with Crippen LogP contribution in [0.2, 0.25) is 0 Å². The van der Waals surface area contributed by atoms with Gasteiger partial charge in [0, 0.05) is 6.54 Å². The number of benzene rings is 3. The van der Waals surface area contributed by atoms with Crippen LogP contribution in [0.5, 0.6) is 17.2 Å². The van der Waals surface area contributed by atoms with Crippen LogP contribution in [0.4, 0.5) is 0 Å². The van der Waals surface area contributed by atoms with Gasteiger partial charge in [0.2, 0.25) is 0 Å². The van der Waals surface area contributed by atoms with Gasteiger partial charge in [-0.05, 0) is 53.5 Å². The van der Waals surface area contributed by atoms with Crippen molar-refractivity contribution in [1.29, 1.82) is 0 Å². The lowest BCUT2D eigenvalue weighted by Gasteiger charge is -2.27. The van der Waals surface area contributed by atoms with Crippen LogP contribution in [0.1, 0.15) is 22.7 Å². The lowest BCUT2D eigenvalue weighted by atomic mass is 9.95. The Morgan fingerprint density at radius 3 is 2.39 bits per heavy atom. The van der Waals surface area contributed by atoms with Crippen LogP contribution in [-0.4, -0.2) is 47.6 Å². The maximum atomic E-state index is 13.2. The smallest absolute Gasteiger partial charge is 0.290 e. The third-order valence-corrected chi connectivity index (χ3v) is 6.07. The van der Waals surface area contributed by atoms with Crippen LogP contribution >= 0.6 is 0 Å². The topological polar surface area (TPSA) is 96.3 Å². The van der Waals surface area contributed by atoms with Crippen molar-refractivity contribution in [2.75, 3.05) is 20.8 Å². The summed E-state index contributed by atoms with van der Waals surface area (Å²) < 4.78 is 10.7. The van der Waals surface area contributed by atoms with E-state index in [2.05, 4.69) is 0 Å². The van der Waals surface area contributed by atoms with Crippen molar-refractivity contribution in [3.63, 3.8) is 0 Å². The molecule has 184 valence electrons. The second kappa shape index (κ2) is 10.8. The first-order valence-corrected chi connectivity index (χ1v) is 11.4. The van der Waals surface area contributed by atoms with Gasteiger partial charge in [0.15, 0.2) is 23.0 Å². The highest BCUT2D eigenvalue weighted by Crippen LogP contribution is 2.39. The van der Waals surface area contributed by atoms with Gasteiger partial charge in [-0.2, -0.15) is 0 Å². The molecule has 1 heterocycles. The molecule has 1 amide bonds. The molecule has 7 nitrogen and oxygen atoms in total. The molecule has 1 aliphatic rings. The Labute approximate surface area is 209 Å². The quantitative estimate of drug-likeness (QED) is 0.429. The number of methoxy groups -OCH3 is 2. The highest BCUT2D eigenvalue weighted by atomic mass is 16.5. The average Bonchev–Trinajstić information content (AvgIpc) is 3.16. The molecular formula is C29H27NO6. The lowest BCUT2D eigenvalue weighted by Crippen LogP contribution is -2.33. The first-order valence-electron chi connectivity index (χ1n) is 11.4. The average molecular weight is 486 g/mol. The maximum Gasteiger partial charge on any atom is 0.290 e. The molecule has 0 radical (unpaired) electrons. The van der Waals surface area contributed by atoms with Gasteiger partial charge in [-0.3, -0.25) is 9.59 Å². The Morgan fingerprint density at radius 2 is 1.69 bits per heavy atom. The van der Waals surface area contributed by atoms with Crippen LogP contribution in [0, 0.1) is 0 Å². The number of phenols is 1. The minimum absolute atomic E-state index is 0.00203. The molecular weight excluding hydrogens is 458 g/mol. The Bertz CT molecular complexity index is 1330. The third kappa shape index (κ3) is 5.10. The van der Waals surface area contributed by atoms with E-state index in [0.29, 0.717) is 23.5 Å². The summed E-state index contributed by atoms with van der Waals surface area (Å²) in [4.78, 5) is 27.8. The normalized spacial score (nSPS) is 15.6. The number of ether oxygens (including phenoxy) is 2. The number of aromatic hydroxyl groups is 1. The van der Waals surface area contributed by atoms with E-state index in [9.17, 15) is 19.8 Å². The van der Waals surface area contributed by atoms with Gasteiger partial charge in [-0.15, -0.1) is 0 Å². The fourth-order valence-electron chi connectivity index (χ4n) is 4.29. The highest BCUT2D eigenvalue weighted by Gasteiger charge is 2.42. The number of carbonyl (C=O) groups excluding carboxylic acids is 2. The molecule has 36 heavy (non-hydrogen) atoms. The zero-order chi connectivity index (χ0) is 25.7. The van der Waals surface area contributed by atoms with E-state index in [1.807, 2.05) is 42.5 Å². The summed E-state index contributed by atoms with van der Waals surface area (Å²) >= 11 is 0. The number of carbonyl (C=O) groups is 2. The fourth-order valence-corrected chi connectivity index (χ4v) is 4.29. The molecule has 2 N–H and O–H groups in total. The number of amides is 1. The zero-order valence-corrected chi connectivity index (χ0v) is 20.0. The Balaban J connectivity index is 1.65. The highest BCUT2D eigenvalue weighted by molar-refractivity contribution is 6.14. The summed E-state index contributed by atoms with van der Waals surface area (Å²) in [6, 6.07) is 20.3. The molecule has 4 rings (SSSR count). The minimum atomic E-state index is -0.849. The number of hydrogen-bond acceptors (Lipinski definition) is 6. The molecule has 1 atom stereocenters. The SMILES string of the molecule is COc1ccc(CCN2C(=O)C(O)=C(C(=O)/C=C/c3ccccc3)C2c2cccc(O)c2)cc1OC. The van der Waals surface area contributed by atoms with E-state index in [1.165, 1.54) is 23.1 Å². The van der Waals surface area contributed by atoms with E-state index in [1.54, 1.807) is 38.5 Å². The second-order valence-electron chi connectivity index (χ2n) is 8.31. The molecule has 1 aliphatic heterocycles. The predicted octanol–water partition coefficient (Wildman–Crippen LogP) is 4.63. The summed E-state index contributed by atoms with van der Waals surface area (Å²) in [7, 11) is 3.10. The van der Waals surface area contributed by atoms with Crippen LogP contribution < -0.4 is 9.47 Å².